The van der Waals surface area contributed by atoms with Gasteiger partial charge in [-0.25, -0.2) is 5.43 Å². The highest BCUT2D eigenvalue weighted by molar-refractivity contribution is 9.10. The average Bonchev–Trinajstić information content (AvgIpc) is 2.76. The number of fused-ring (bicyclic) bond motifs is 1. The van der Waals surface area contributed by atoms with Crippen molar-refractivity contribution in [2.75, 3.05) is 18.0 Å². The SMILES string of the molecule is CCCN(CCC)c1ccc(C=NNC(=O)Cc2ccc(Br)c3ccccc23)cc1. The van der Waals surface area contributed by atoms with Gasteiger partial charge in [-0.15, -0.1) is 0 Å². The largest absolute Gasteiger partial charge is 0.372 e. The first-order valence-electron chi connectivity index (χ1n) is 10.5. The Morgan fingerprint density at radius 1 is 0.967 bits per heavy atom. The van der Waals surface area contributed by atoms with E-state index in [1.165, 1.54) is 5.69 Å². The number of anilines is 1. The maximum absolute atomic E-state index is 12.4. The molecule has 0 radical (unpaired) electrons. The molecule has 3 rings (SSSR count). The van der Waals surface area contributed by atoms with E-state index in [1.54, 1.807) is 6.21 Å². The van der Waals surface area contributed by atoms with Gasteiger partial charge in [-0.2, -0.15) is 5.10 Å². The summed E-state index contributed by atoms with van der Waals surface area (Å²) in [6.07, 6.45) is 4.23. The predicted molar refractivity (Wildman–Crippen MR) is 130 cm³/mol. The fourth-order valence-electron chi connectivity index (χ4n) is 3.55. The first kappa shape index (κ1) is 22.0. The smallest absolute Gasteiger partial charge is 0.244 e. The molecule has 4 nitrogen and oxygen atoms in total. The van der Waals surface area contributed by atoms with E-state index in [9.17, 15) is 4.79 Å². The molecule has 0 aromatic heterocycles. The van der Waals surface area contributed by atoms with Gasteiger partial charge in [0.15, 0.2) is 0 Å². The molecule has 0 bridgehead atoms. The Kier molecular flexibility index (Phi) is 8.03. The zero-order chi connectivity index (χ0) is 21.3. The van der Waals surface area contributed by atoms with Crippen molar-refractivity contribution >= 4 is 44.5 Å². The lowest BCUT2D eigenvalue weighted by Crippen LogP contribution is -2.24. The first-order valence-corrected chi connectivity index (χ1v) is 11.2. The van der Waals surface area contributed by atoms with Crippen LogP contribution >= 0.6 is 15.9 Å². The van der Waals surface area contributed by atoms with E-state index in [0.717, 1.165) is 52.3 Å². The number of nitrogens with zero attached hydrogens (tertiary/aromatic N) is 2. The predicted octanol–water partition coefficient (Wildman–Crippen LogP) is 5.92. The second kappa shape index (κ2) is 10.9. The molecule has 5 heteroatoms. The molecular weight excluding hydrogens is 438 g/mol. The van der Waals surface area contributed by atoms with Crippen molar-refractivity contribution in [3.63, 3.8) is 0 Å². The van der Waals surface area contributed by atoms with Crippen molar-refractivity contribution in [2.24, 2.45) is 5.10 Å². The van der Waals surface area contributed by atoms with Crippen LogP contribution < -0.4 is 10.3 Å². The summed E-state index contributed by atoms with van der Waals surface area (Å²) in [5, 5.41) is 6.31. The van der Waals surface area contributed by atoms with Crippen molar-refractivity contribution in [1.82, 2.24) is 5.43 Å². The monoisotopic (exact) mass is 465 g/mol. The quantitative estimate of drug-likeness (QED) is 0.314. The van der Waals surface area contributed by atoms with Gasteiger partial charge in [-0.3, -0.25) is 4.79 Å². The van der Waals surface area contributed by atoms with Crippen LogP contribution in [0, 0.1) is 0 Å². The molecule has 0 spiro atoms. The molecule has 0 fully saturated rings. The Balaban J connectivity index is 1.60. The number of nitrogens with one attached hydrogen (secondary N) is 1. The molecule has 0 atom stereocenters. The van der Waals surface area contributed by atoms with Crippen LogP contribution in [0.25, 0.3) is 10.8 Å². The third-order valence-corrected chi connectivity index (χ3v) is 5.65. The third kappa shape index (κ3) is 5.70. The molecule has 156 valence electrons. The number of hydrazone groups is 1. The summed E-state index contributed by atoms with van der Waals surface area (Å²) < 4.78 is 1.03. The molecule has 1 amide bonds. The number of halogens is 1. The van der Waals surface area contributed by atoms with Crippen LogP contribution in [-0.4, -0.2) is 25.2 Å². The van der Waals surface area contributed by atoms with Gasteiger partial charge in [0.05, 0.1) is 12.6 Å². The van der Waals surface area contributed by atoms with Crippen LogP contribution in [0.4, 0.5) is 5.69 Å². The molecule has 3 aromatic carbocycles. The lowest BCUT2D eigenvalue weighted by Gasteiger charge is -2.23. The topological polar surface area (TPSA) is 44.7 Å². The molecule has 1 N–H and O–H groups in total. The normalized spacial score (nSPS) is 11.2. The summed E-state index contributed by atoms with van der Waals surface area (Å²) in [6, 6.07) is 20.3. The summed E-state index contributed by atoms with van der Waals surface area (Å²) in [6.45, 7) is 6.51. The molecule has 0 unspecified atom stereocenters. The summed E-state index contributed by atoms with van der Waals surface area (Å²) in [4.78, 5) is 14.8. The van der Waals surface area contributed by atoms with Gasteiger partial charge in [0.2, 0.25) is 5.91 Å². The average molecular weight is 466 g/mol. The van der Waals surface area contributed by atoms with Crippen molar-refractivity contribution in [3.8, 4) is 0 Å². The van der Waals surface area contributed by atoms with Crippen LogP contribution in [0.1, 0.15) is 37.8 Å². The van der Waals surface area contributed by atoms with Gasteiger partial charge in [0, 0.05) is 23.2 Å². The van der Waals surface area contributed by atoms with Crippen LogP contribution in [-0.2, 0) is 11.2 Å². The first-order chi connectivity index (χ1) is 14.6. The van der Waals surface area contributed by atoms with E-state index in [0.29, 0.717) is 0 Å². The maximum atomic E-state index is 12.4. The van der Waals surface area contributed by atoms with Gasteiger partial charge in [0.25, 0.3) is 0 Å². The molecular formula is C25H28BrN3O. The standard InChI is InChI=1S/C25H28BrN3O/c1-3-15-29(16-4-2)21-12-9-19(10-13-21)18-27-28-25(30)17-20-11-14-24(26)23-8-6-5-7-22(20)23/h5-14,18H,3-4,15-17H2,1-2H3,(H,28,30). The molecule has 0 aliphatic rings. The fraction of sp³-hybridized carbons (Fsp3) is 0.280. The van der Waals surface area contributed by atoms with Gasteiger partial charge < -0.3 is 4.90 Å². The zero-order valence-electron chi connectivity index (χ0n) is 17.6. The number of benzene rings is 3. The van der Waals surface area contributed by atoms with Crippen LogP contribution in [0.2, 0.25) is 0 Å². The molecule has 0 aliphatic heterocycles. The lowest BCUT2D eigenvalue weighted by atomic mass is 10.0. The van der Waals surface area contributed by atoms with Crippen LogP contribution in [0.15, 0.2) is 70.2 Å². The number of hydrogen-bond donors (Lipinski definition) is 1. The highest BCUT2D eigenvalue weighted by Crippen LogP contribution is 2.27. The molecule has 0 saturated carbocycles. The van der Waals surface area contributed by atoms with E-state index in [1.807, 2.05) is 48.5 Å². The minimum absolute atomic E-state index is 0.132. The second-order valence-electron chi connectivity index (χ2n) is 7.30. The minimum Gasteiger partial charge on any atom is -0.372 e. The summed E-state index contributed by atoms with van der Waals surface area (Å²) in [7, 11) is 0. The highest BCUT2D eigenvalue weighted by Gasteiger charge is 2.08. The van der Waals surface area contributed by atoms with E-state index in [2.05, 4.69) is 57.3 Å². The van der Waals surface area contributed by atoms with Gasteiger partial charge in [0.1, 0.15) is 0 Å². The van der Waals surface area contributed by atoms with Gasteiger partial charge >= 0.3 is 0 Å². The van der Waals surface area contributed by atoms with E-state index < -0.39 is 0 Å². The Bertz CT molecular complexity index is 1010. The number of amides is 1. The maximum Gasteiger partial charge on any atom is 0.244 e. The molecule has 30 heavy (non-hydrogen) atoms. The van der Waals surface area contributed by atoms with Crippen molar-refractivity contribution in [2.45, 2.75) is 33.1 Å². The third-order valence-electron chi connectivity index (χ3n) is 4.96. The van der Waals surface area contributed by atoms with E-state index in [-0.39, 0.29) is 12.3 Å². The van der Waals surface area contributed by atoms with Crippen molar-refractivity contribution < 1.29 is 4.79 Å². The fourth-order valence-corrected chi connectivity index (χ4v) is 4.03. The molecule has 0 heterocycles. The second-order valence-corrected chi connectivity index (χ2v) is 8.15. The van der Waals surface area contributed by atoms with E-state index in [4.69, 9.17) is 0 Å². The number of carbonyl (C=O) groups is 1. The van der Waals surface area contributed by atoms with Crippen LogP contribution in [0.3, 0.4) is 0 Å². The Labute approximate surface area is 187 Å². The summed E-state index contributed by atoms with van der Waals surface area (Å²) in [5.41, 5.74) is 5.81. The number of rotatable bonds is 9. The lowest BCUT2D eigenvalue weighted by molar-refractivity contribution is -0.120. The van der Waals surface area contributed by atoms with Gasteiger partial charge in [-0.05, 0) is 52.9 Å². The molecule has 0 aliphatic carbocycles. The number of hydrogen-bond acceptors (Lipinski definition) is 3. The summed E-state index contributed by atoms with van der Waals surface area (Å²) in [5.74, 6) is -0.132. The Morgan fingerprint density at radius 2 is 1.63 bits per heavy atom. The number of carbonyl (C=O) groups excluding carboxylic acids is 1. The summed E-state index contributed by atoms with van der Waals surface area (Å²) >= 11 is 3.57. The Morgan fingerprint density at radius 3 is 2.30 bits per heavy atom. The zero-order valence-corrected chi connectivity index (χ0v) is 19.2. The molecule has 3 aromatic rings. The minimum atomic E-state index is -0.132. The Hall–Kier alpha value is -2.66. The van der Waals surface area contributed by atoms with Crippen LogP contribution in [0.5, 0.6) is 0 Å². The van der Waals surface area contributed by atoms with E-state index >= 15 is 0 Å². The van der Waals surface area contributed by atoms with Gasteiger partial charge in [-0.1, -0.05) is 72.2 Å². The van der Waals surface area contributed by atoms with Crippen molar-refractivity contribution in [3.05, 3.63) is 76.3 Å². The highest BCUT2D eigenvalue weighted by atomic mass is 79.9. The molecule has 0 saturated heterocycles. The van der Waals surface area contributed by atoms with Crippen molar-refractivity contribution in [1.29, 1.82) is 0 Å².